The Bertz CT molecular complexity index is 2380. The molecule has 5 heterocycles. The Kier molecular flexibility index (Phi) is 8.83. The van der Waals surface area contributed by atoms with Gasteiger partial charge in [0.05, 0.1) is 47.0 Å². The maximum Gasteiger partial charge on any atom is 0.251 e. The van der Waals surface area contributed by atoms with Crippen molar-refractivity contribution < 1.29 is 23.1 Å². The molecule has 0 saturated carbocycles. The molecule has 0 saturated heterocycles. The third-order valence-electron chi connectivity index (χ3n) is 9.73. The predicted molar refractivity (Wildman–Crippen MR) is 199 cm³/mol. The second kappa shape index (κ2) is 13.5. The van der Waals surface area contributed by atoms with Crippen LogP contribution in [-0.2, 0) is 19.3 Å². The van der Waals surface area contributed by atoms with E-state index in [1.165, 1.54) is 24.5 Å². The highest BCUT2D eigenvalue weighted by Crippen LogP contribution is 2.47. The third-order valence-corrected chi connectivity index (χ3v) is 11.1. The summed E-state index contributed by atoms with van der Waals surface area (Å²) in [7, 11) is 1.49. The highest BCUT2D eigenvalue weighted by Gasteiger charge is 2.33. The Morgan fingerprint density at radius 3 is 2.71 bits per heavy atom. The average molecular weight is 739 g/mol. The van der Waals surface area contributed by atoms with E-state index in [1.54, 1.807) is 13.1 Å². The van der Waals surface area contributed by atoms with Gasteiger partial charge in [-0.3, -0.25) is 9.78 Å². The first-order chi connectivity index (χ1) is 25.1. The number of carbonyl (C=O) groups excluding carboxylic acids is 1. The standard InChI is InChI=1S/C39H36ClFN6O4S/c1-18(2)13-28-32(37(42)48)34(33(39-47-46-19(3)51-39)29(44-28)14-21-17-50-30-16-22(40)5-6-23(21)30)31-15-20-11-12-43-38(36(20)52-31)45-27-10-8-25-24(27)7-9-26(41)35(25)49-4/h5-7,9,11-12,15-16,18,21,27H,8,10,13-14,17H2,1-4H3,(H2,42,48)(H,43,45)/t21-,27-/m0/s1. The van der Waals surface area contributed by atoms with Crippen molar-refractivity contribution in [1.82, 2.24) is 20.2 Å². The molecule has 2 atom stereocenters. The molecule has 0 spiro atoms. The number of hydrogen-bond acceptors (Lipinski definition) is 10. The highest BCUT2D eigenvalue weighted by molar-refractivity contribution is 7.23. The number of benzene rings is 2. The van der Waals surface area contributed by atoms with E-state index in [9.17, 15) is 9.18 Å². The number of thiophene rings is 1. The Labute approximate surface area is 308 Å². The second-order valence-electron chi connectivity index (χ2n) is 13.7. The summed E-state index contributed by atoms with van der Waals surface area (Å²) < 4.78 is 33.0. The zero-order chi connectivity index (χ0) is 36.3. The molecular weight excluding hydrogens is 703 g/mol. The number of nitrogens with one attached hydrogen (secondary N) is 1. The number of aromatic nitrogens is 4. The summed E-state index contributed by atoms with van der Waals surface area (Å²) in [5.74, 6) is 1.53. The number of fused-ring (bicyclic) bond motifs is 3. The van der Waals surface area contributed by atoms with Crippen molar-refractivity contribution >= 4 is 44.7 Å². The Morgan fingerprint density at radius 1 is 1.13 bits per heavy atom. The van der Waals surface area contributed by atoms with E-state index in [1.807, 2.05) is 36.4 Å². The number of halogens is 2. The van der Waals surface area contributed by atoms with Crippen LogP contribution < -0.4 is 20.5 Å². The van der Waals surface area contributed by atoms with Crippen LogP contribution in [0.25, 0.3) is 32.0 Å². The first-order valence-electron chi connectivity index (χ1n) is 17.2. The van der Waals surface area contributed by atoms with Crippen molar-refractivity contribution in [2.24, 2.45) is 11.7 Å². The molecule has 1 amide bonds. The van der Waals surface area contributed by atoms with Crippen LogP contribution in [0.15, 0.2) is 53.1 Å². The minimum atomic E-state index is -0.593. The van der Waals surface area contributed by atoms with Gasteiger partial charge in [0.15, 0.2) is 11.6 Å². The van der Waals surface area contributed by atoms with Gasteiger partial charge in [-0.25, -0.2) is 9.37 Å². The minimum Gasteiger partial charge on any atom is -0.493 e. The molecule has 1 aliphatic heterocycles. The number of ether oxygens (including phenoxy) is 2. The van der Waals surface area contributed by atoms with Gasteiger partial charge in [-0.1, -0.05) is 37.6 Å². The van der Waals surface area contributed by atoms with Gasteiger partial charge in [0.2, 0.25) is 11.8 Å². The van der Waals surface area contributed by atoms with Crippen molar-refractivity contribution in [3.8, 4) is 33.4 Å². The number of anilines is 1. The summed E-state index contributed by atoms with van der Waals surface area (Å²) in [5.41, 5.74) is 11.9. The fraction of sp³-hybridized carbons (Fsp3) is 0.308. The number of nitrogens with two attached hydrogens (primary N) is 1. The summed E-state index contributed by atoms with van der Waals surface area (Å²) in [5, 5.41) is 13.8. The Morgan fingerprint density at radius 2 is 1.96 bits per heavy atom. The van der Waals surface area contributed by atoms with Crippen molar-refractivity contribution in [1.29, 1.82) is 0 Å². The first kappa shape index (κ1) is 34.0. The van der Waals surface area contributed by atoms with E-state index in [0.717, 1.165) is 43.8 Å². The molecule has 3 N–H and O–H groups in total. The average Bonchev–Trinajstić information content (AvgIpc) is 3.91. The number of amides is 1. The molecule has 2 aliphatic rings. The number of aryl methyl sites for hydroxylation is 1. The van der Waals surface area contributed by atoms with E-state index >= 15 is 0 Å². The number of methoxy groups -OCH3 is 1. The zero-order valence-corrected chi connectivity index (χ0v) is 30.6. The number of nitrogens with zero attached hydrogens (tertiary/aromatic N) is 4. The van der Waals surface area contributed by atoms with Gasteiger partial charge in [0, 0.05) is 52.0 Å². The molecule has 0 unspecified atom stereocenters. The lowest BCUT2D eigenvalue weighted by Gasteiger charge is -2.20. The lowest BCUT2D eigenvalue weighted by Crippen LogP contribution is -2.20. The fourth-order valence-corrected chi connectivity index (χ4v) is 8.86. The van der Waals surface area contributed by atoms with Gasteiger partial charge in [0.25, 0.3) is 5.91 Å². The van der Waals surface area contributed by atoms with E-state index < -0.39 is 5.91 Å². The molecular formula is C39H36ClFN6O4S. The van der Waals surface area contributed by atoms with Crippen LogP contribution in [0, 0.1) is 18.7 Å². The molecule has 2 aromatic carbocycles. The van der Waals surface area contributed by atoms with E-state index in [0.29, 0.717) is 70.7 Å². The molecule has 4 aromatic heterocycles. The van der Waals surface area contributed by atoms with Crippen LogP contribution in [0.5, 0.6) is 11.5 Å². The van der Waals surface area contributed by atoms with Crippen molar-refractivity contribution in [2.45, 2.75) is 58.4 Å². The summed E-state index contributed by atoms with van der Waals surface area (Å²) >= 11 is 7.78. The maximum atomic E-state index is 14.5. The lowest BCUT2D eigenvalue weighted by molar-refractivity contribution is 0.0999. The largest absolute Gasteiger partial charge is 0.493 e. The monoisotopic (exact) mass is 738 g/mol. The minimum absolute atomic E-state index is 0.0366. The summed E-state index contributed by atoms with van der Waals surface area (Å²) in [6, 6.07) is 12.8. The van der Waals surface area contributed by atoms with Crippen molar-refractivity contribution in [2.75, 3.05) is 19.0 Å². The SMILES string of the molecule is COc1c(F)ccc2c1CC[C@@H]2Nc1nccc2cc(-c3c(C(N)=O)c(CC(C)C)nc(C[C@H]4COc5cc(Cl)ccc54)c3-c3nnc(C)o3)sc12. The smallest absolute Gasteiger partial charge is 0.251 e. The number of primary amides is 1. The summed E-state index contributed by atoms with van der Waals surface area (Å²) in [6.45, 7) is 6.34. The van der Waals surface area contributed by atoms with Gasteiger partial charge in [-0.2, -0.15) is 0 Å². The highest BCUT2D eigenvalue weighted by atomic mass is 35.5. The van der Waals surface area contributed by atoms with Gasteiger partial charge < -0.3 is 24.9 Å². The number of pyridine rings is 2. The molecule has 0 fully saturated rings. The number of rotatable bonds is 10. The van der Waals surface area contributed by atoms with E-state index in [2.05, 4.69) is 29.4 Å². The summed E-state index contributed by atoms with van der Waals surface area (Å²) in [4.78, 5) is 24.3. The quantitative estimate of drug-likeness (QED) is 0.141. The van der Waals surface area contributed by atoms with Crippen LogP contribution in [0.4, 0.5) is 10.2 Å². The van der Waals surface area contributed by atoms with Crippen LogP contribution >= 0.6 is 22.9 Å². The first-order valence-corrected chi connectivity index (χ1v) is 18.4. The number of carbonyl (C=O) groups is 1. The lowest BCUT2D eigenvalue weighted by atomic mass is 9.88. The van der Waals surface area contributed by atoms with E-state index in [-0.39, 0.29) is 35.3 Å². The zero-order valence-electron chi connectivity index (χ0n) is 29.0. The molecule has 13 heteroatoms. The van der Waals surface area contributed by atoms with Gasteiger partial charge in [-0.15, -0.1) is 21.5 Å². The molecule has 0 bridgehead atoms. The van der Waals surface area contributed by atoms with Gasteiger partial charge >= 0.3 is 0 Å². The van der Waals surface area contributed by atoms with Crippen LogP contribution in [0.2, 0.25) is 5.02 Å². The molecule has 6 aromatic rings. The normalized spacial score (nSPS) is 16.3. The predicted octanol–water partition coefficient (Wildman–Crippen LogP) is 8.63. The third kappa shape index (κ3) is 6.03. The Hall–Kier alpha value is -5.07. The topological polar surface area (TPSA) is 138 Å². The van der Waals surface area contributed by atoms with Crippen molar-refractivity contribution in [3.05, 3.63) is 99.0 Å². The molecule has 266 valence electrons. The van der Waals surface area contributed by atoms with E-state index in [4.69, 9.17) is 41.2 Å². The Balaban J connectivity index is 1.30. The van der Waals surface area contributed by atoms with Crippen LogP contribution in [0.1, 0.15) is 76.6 Å². The second-order valence-corrected chi connectivity index (χ2v) is 15.2. The molecule has 8 rings (SSSR count). The van der Waals surface area contributed by atoms with Gasteiger partial charge in [-0.05, 0) is 66.5 Å². The fourth-order valence-electron chi connectivity index (χ4n) is 7.53. The maximum absolute atomic E-state index is 14.5. The molecule has 10 nitrogen and oxygen atoms in total. The van der Waals surface area contributed by atoms with Crippen LogP contribution in [-0.4, -0.2) is 39.8 Å². The molecule has 52 heavy (non-hydrogen) atoms. The molecule has 0 radical (unpaired) electrons. The molecule has 1 aliphatic carbocycles. The van der Waals surface area contributed by atoms with Crippen molar-refractivity contribution in [3.63, 3.8) is 0 Å². The van der Waals surface area contributed by atoms with Gasteiger partial charge in [0.1, 0.15) is 11.6 Å². The van der Waals surface area contributed by atoms with Crippen LogP contribution in [0.3, 0.4) is 0 Å². The summed E-state index contributed by atoms with van der Waals surface area (Å²) in [6.07, 6.45) is 4.19. The number of hydrogen-bond donors (Lipinski definition) is 2.